The Bertz CT molecular complexity index is 943. The van der Waals surface area contributed by atoms with Crippen LogP contribution in [-0.4, -0.2) is 28.4 Å². The van der Waals surface area contributed by atoms with Crippen molar-refractivity contribution in [1.29, 1.82) is 5.41 Å². The largest absolute Gasteiger partial charge is 0.496 e. The first-order chi connectivity index (χ1) is 14.4. The molecule has 1 aromatic carbocycles. The maximum absolute atomic E-state index is 12.3. The summed E-state index contributed by atoms with van der Waals surface area (Å²) in [5.41, 5.74) is 7.58. The third kappa shape index (κ3) is 5.82. The highest BCUT2D eigenvalue weighted by atomic mass is 32.2. The van der Waals surface area contributed by atoms with Crippen molar-refractivity contribution in [2.45, 2.75) is 44.9 Å². The molecule has 1 fully saturated rings. The van der Waals surface area contributed by atoms with Crippen LogP contribution in [0, 0.1) is 18.3 Å². The van der Waals surface area contributed by atoms with Crippen LogP contribution in [0.5, 0.6) is 5.75 Å². The first kappa shape index (κ1) is 22.3. The van der Waals surface area contributed by atoms with Gasteiger partial charge in [-0.3, -0.25) is 10.2 Å². The summed E-state index contributed by atoms with van der Waals surface area (Å²) in [4.78, 5) is 13.2. The smallest absolute Gasteiger partial charge is 0.230 e. The molecule has 0 saturated heterocycles. The Morgan fingerprint density at radius 3 is 2.93 bits per heavy atom. The minimum absolute atomic E-state index is 0.103. The molecule has 4 N–H and O–H groups in total. The molecular weight excluding hydrogens is 418 g/mol. The highest BCUT2D eigenvalue weighted by Crippen LogP contribution is 2.42. The molecule has 0 spiro atoms. The summed E-state index contributed by atoms with van der Waals surface area (Å²) in [6, 6.07) is 5.68. The Balaban J connectivity index is 1.50. The summed E-state index contributed by atoms with van der Waals surface area (Å²) < 4.78 is 5.31. The number of amides is 1. The van der Waals surface area contributed by atoms with Gasteiger partial charge in [0.05, 0.1) is 13.5 Å². The van der Waals surface area contributed by atoms with Gasteiger partial charge in [0.15, 0.2) is 5.17 Å². The fraction of sp³-hybridized carbons (Fsp3) is 0.429. The zero-order valence-corrected chi connectivity index (χ0v) is 18.9. The third-order valence-electron chi connectivity index (χ3n) is 5.26. The van der Waals surface area contributed by atoms with Crippen molar-refractivity contribution in [2.75, 3.05) is 12.8 Å². The van der Waals surface area contributed by atoms with E-state index in [2.05, 4.69) is 22.1 Å². The number of thioether (sulfide) groups is 1. The zero-order valence-electron chi connectivity index (χ0n) is 17.2. The second-order valence-electron chi connectivity index (χ2n) is 7.47. The van der Waals surface area contributed by atoms with Gasteiger partial charge in [-0.1, -0.05) is 48.2 Å². The Morgan fingerprint density at radius 2 is 2.23 bits per heavy atom. The number of hydrogen-bond donors (Lipinski definition) is 3. The number of carbonyl (C=O) groups is 1. The average Bonchev–Trinajstić information content (AvgIpc) is 3.15. The highest BCUT2D eigenvalue weighted by molar-refractivity contribution is 8.17. The van der Waals surface area contributed by atoms with E-state index in [0.29, 0.717) is 11.0 Å². The van der Waals surface area contributed by atoms with Gasteiger partial charge in [-0.2, -0.15) is 0 Å². The van der Waals surface area contributed by atoms with Gasteiger partial charge in [0, 0.05) is 5.92 Å². The molecule has 7 nitrogen and oxygen atoms in total. The average molecular weight is 446 g/mol. The van der Waals surface area contributed by atoms with Gasteiger partial charge in [0.2, 0.25) is 11.0 Å². The summed E-state index contributed by atoms with van der Waals surface area (Å²) in [5.74, 6) is 1.13. The molecule has 0 bridgehead atoms. The second kappa shape index (κ2) is 10.1. The second-order valence-corrected chi connectivity index (χ2v) is 9.64. The SMILES string of the molecule is C=C(SC(=N)NC(=O)Cc1ccc(C)c(OC)c1)[C@H]1CCC[C@H](c2nnc(N)s2)C1. The van der Waals surface area contributed by atoms with Crippen LogP contribution in [0.3, 0.4) is 0 Å². The molecule has 1 aliphatic carbocycles. The number of anilines is 1. The van der Waals surface area contributed by atoms with E-state index in [-0.39, 0.29) is 23.4 Å². The fourth-order valence-corrected chi connectivity index (χ4v) is 5.25. The number of ether oxygens (including phenoxy) is 1. The molecule has 0 radical (unpaired) electrons. The van der Waals surface area contributed by atoms with Gasteiger partial charge in [-0.05, 0) is 54.2 Å². The number of nitrogens with zero attached hydrogens (tertiary/aromatic N) is 2. The monoisotopic (exact) mass is 445 g/mol. The molecule has 30 heavy (non-hydrogen) atoms. The predicted molar refractivity (Wildman–Crippen MR) is 123 cm³/mol. The van der Waals surface area contributed by atoms with E-state index in [9.17, 15) is 4.79 Å². The third-order valence-corrected chi connectivity index (χ3v) is 7.07. The lowest BCUT2D eigenvalue weighted by Crippen LogP contribution is -2.29. The molecule has 3 rings (SSSR count). The van der Waals surface area contributed by atoms with E-state index in [4.69, 9.17) is 15.9 Å². The summed E-state index contributed by atoms with van der Waals surface area (Å²) in [6.45, 7) is 6.13. The van der Waals surface area contributed by atoms with Crippen molar-refractivity contribution in [3.05, 3.63) is 45.8 Å². The first-order valence-electron chi connectivity index (χ1n) is 9.83. The van der Waals surface area contributed by atoms with Crippen molar-refractivity contribution < 1.29 is 9.53 Å². The number of allylic oxidation sites excluding steroid dienone is 1. The van der Waals surface area contributed by atoms with E-state index in [1.165, 1.54) is 23.1 Å². The van der Waals surface area contributed by atoms with Crippen LogP contribution >= 0.6 is 23.1 Å². The van der Waals surface area contributed by atoms with E-state index < -0.39 is 0 Å². The van der Waals surface area contributed by atoms with Gasteiger partial charge in [0.25, 0.3) is 0 Å². The Kier molecular flexibility index (Phi) is 7.49. The Hall–Kier alpha value is -2.39. The van der Waals surface area contributed by atoms with Crippen molar-refractivity contribution in [3.8, 4) is 5.75 Å². The maximum Gasteiger partial charge on any atom is 0.230 e. The number of nitrogens with two attached hydrogens (primary N) is 1. The topological polar surface area (TPSA) is 114 Å². The molecule has 0 aliphatic heterocycles. The number of nitrogen functional groups attached to an aromatic ring is 1. The quantitative estimate of drug-likeness (QED) is 0.452. The van der Waals surface area contributed by atoms with Gasteiger partial charge in [0.1, 0.15) is 10.8 Å². The predicted octanol–water partition coefficient (Wildman–Crippen LogP) is 4.25. The summed E-state index contributed by atoms with van der Waals surface area (Å²) in [7, 11) is 1.61. The minimum Gasteiger partial charge on any atom is -0.496 e. The molecule has 160 valence electrons. The van der Waals surface area contributed by atoms with Gasteiger partial charge >= 0.3 is 0 Å². The Labute approximate surface area is 185 Å². The van der Waals surface area contributed by atoms with Gasteiger partial charge in [-0.25, -0.2) is 0 Å². The van der Waals surface area contributed by atoms with E-state index in [0.717, 1.165) is 52.5 Å². The minimum atomic E-state index is -0.225. The maximum atomic E-state index is 12.3. The summed E-state index contributed by atoms with van der Waals surface area (Å²) >= 11 is 2.68. The molecule has 1 heterocycles. The number of rotatable bonds is 6. The number of benzene rings is 1. The summed E-state index contributed by atoms with van der Waals surface area (Å²) in [6.07, 6.45) is 4.28. The van der Waals surface area contributed by atoms with Gasteiger partial charge < -0.3 is 15.8 Å². The van der Waals surface area contributed by atoms with E-state index in [1.807, 2.05) is 25.1 Å². The lowest BCUT2D eigenvalue weighted by Gasteiger charge is -2.28. The normalized spacial score (nSPS) is 18.6. The van der Waals surface area contributed by atoms with E-state index in [1.54, 1.807) is 7.11 Å². The number of aromatic nitrogens is 2. The molecule has 2 aromatic rings. The van der Waals surface area contributed by atoms with Crippen LogP contribution in [0.1, 0.15) is 47.7 Å². The lowest BCUT2D eigenvalue weighted by molar-refractivity contribution is -0.119. The van der Waals surface area contributed by atoms with Crippen LogP contribution < -0.4 is 15.8 Å². The highest BCUT2D eigenvalue weighted by Gasteiger charge is 2.28. The first-order valence-corrected chi connectivity index (χ1v) is 11.5. The molecule has 1 aliphatic rings. The molecular formula is C21H27N5O2S2. The van der Waals surface area contributed by atoms with Crippen molar-refractivity contribution in [3.63, 3.8) is 0 Å². The number of nitrogens with one attached hydrogen (secondary N) is 2. The van der Waals surface area contributed by atoms with Gasteiger partial charge in [-0.15, -0.1) is 10.2 Å². The number of hydrogen-bond acceptors (Lipinski definition) is 8. The Morgan fingerprint density at radius 1 is 1.43 bits per heavy atom. The number of aryl methyl sites for hydroxylation is 1. The number of methoxy groups -OCH3 is 1. The molecule has 1 amide bonds. The number of amidine groups is 1. The molecule has 2 atom stereocenters. The fourth-order valence-electron chi connectivity index (χ4n) is 3.69. The van der Waals surface area contributed by atoms with Crippen molar-refractivity contribution in [2.24, 2.45) is 5.92 Å². The molecule has 1 saturated carbocycles. The molecule has 1 aromatic heterocycles. The standard InChI is InChI=1S/C21H27N5O2S2/c1-12-7-8-14(9-17(12)28-3)10-18(27)24-20(22)29-13(2)15-5-4-6-16(11-15)19-25-26-21(23)30-19/h7-9,15-16H,2,4-6,10-11H2,1,3H3,(H2,23,26)(H2,22,24,27)/t15-,16-/m0/s1. The van der Waals surface area contributed by atoms with Crippen LogP contribution in [0.2, 0.25) is 0 Å². The summed E-state index contributed by atoms with van der Waals surface area (Å²) in [5, 5.41) is 20.5. The van der Waals surface area contributed by atoms with Crippen LogP contribution in [0.15, 0.2) is 29.7 Å². The van der Waals surface area contributed by atoms with Crippen LogP contribution in [0.25, 0.3) is 0 Å². The van der Waals surface area contributed by atoms with Crippen molar-refractivity contribution in [1.82, 2.24) is 15.5 Å². The molecule has 9 heteroatoms. The van der Waals surface area contributed by atoms with E-state index >= 15 is 0 Å². The van der Waals surface area contributed by atoms with Crippen LogP contribution in [-0.2, 0) is 11.2 Å². The number of carbonyl (C=O) groups excluding carboxylic acids is 1. The zero-order chi connectivity index (χ0) is 21.7. The molecule has 0 unspecified atom stereocenters. The van der Waals surface area contributed by atoms with Crippen LogP contribution in [0.4, 0.5) is 5.13 Å². The van der Waals surface area contributed by atoms with Crippen molar-refractivity contribution >= 4 is 39.3 Å². The lowest BCUT2D eigenvalue weighted by atomic mass is 9.82.